The van der Waals surface area contributed by atoms with Crippen molar-refractivity contribution < 1.29 is 19.4 Å². The van der Waals surface area contributed by atoms with Crippen LogP contribution in [0.15, 0.2) is 33.8 Å². The van der Waals surface area contributed by atoms with Crippen molar-refractivity contribution >= 4 is 33.5 Å². The summed E-state index contributed by atoms with van der Waals surface area (Å²) >= 11 is 3.27. The van der Waals surface area contributed by atoms with E-state index in [1.54, 1.807) is 31.2 Å². The number of nitrogens with zero attached hydrogens (tertiary/aromatic N) is 2. The number of amides is 1. The van der Waals surface area contributed by atoms with Crippen LogP contribution in [0.3, 0.4) is 0 Å². The molecule has 1 aliphatic rings. The summed E-state index contributed by atoms with van der Waals surface area (Å²) in [7, 11) is 1.15. The van der Waals surface area contributed by atoms with Crippen LogP contribution in [0.1, 0.15) is 23.7 Å². The molecular formula is C13H13BrN2O4. The van der Waals surface area contributed by atoms with Gasteiger partial charge in [-0.05, 0) is 31.2 Å². The van der Waals surface area contributed by atoms with Crippen LogP contribution in [-0.4, -0.2) is 40.5 Å². The molecular weight excluding hydrogens is 328 g/mol. The molecule has 7 heteroatoms. The highest BCUT2D eigenvalue weighted by molar-refractivity contribution is 9.10. The van der Waals surface area contributed by atoms with Gasteiger partial charge in [0.1, 0.15) is 0 Å². The van der Waals surface area contributed by atoms with E-state index in [2.05, 4.69) is 25.8 Å². The minimum absolute atomic E-state index is 0.0675. The van der Waals surface area contributed by atoms with Gasteiger partial charge in [0.2, 0.25) is 0 Å². The monoisotopic (exact) mass is 340 g/mol. The number of hydrogen-bond acceptors (Lipinski definition) is 5. The molecule has 1 aromatic carbocycles. The topological polar surface area (TPSA) is 79.2 Å². The van der Waals surface area contributed by atoms with Gasteiger partial charge in [0, 0.05) is 22.2 Å². The number of esters is 1. The lowest BCUT2D eigenvalue weighted by molar-refractivity contribution is -0.176. The molecule has 1 aliphatic heterocycles. The fourth-order valence-corrected chi connectivity index (χ4v) is 2.23. The first-order valence-corrected chi connectivity index (χ1v) is 6.63. The molecule has 0 aliphatic carbocycles. The Labute approximate surface area is 124 Å². The molecule has 1 heterocycles. The van der Waals surface area contributed by atoms with Crippen LogP contribution < -0.4 is 0 Å². The Morgan fingerprint density at radius 1 is 1.40 bits per heavy atom. The molecule has 0 saturated heterocycles. The summed E-state index contributed by atoms with van der Waals surface area (Å²) in [6.07, 6.45) is -0.0675. The zero-order valence-electron chi connectivity index (χ0n) is 11.0. The molecule has 0 saturated carbocycles. The third-order valence-electron chi connectivity index (χ3n) is 2.92. The number of hydrazone groups is 1. The van der Waals surface area contributed by atoms with Crippen LogP contribution in [-0.2, 0) is 9.53 Å². The van der Waals surface area contributed by atoms with E-state index >= 15 is 0 Å². The van der Waals surface area contributed by atoms with Crippen LogP contribution in [0.4, 0.5) is 0 Å². The Morgan fingerprint density at radius 3 is 2.55 bits per heavy atom. The van der Waals surface area contributed by atoms with Gasteiger partial charge in [0.15, 0.2) is 0 Å². The molecule has 6 nitrogen and oxygen atoms in total. The van der Waals surface area contributed by atoms with Gasteiger partial charge in [-0.15, -0.1) is 0 Å². The summed E-state index contributed by atoms with van der Waals surface area (Å²) < 4.78 is 5.38. The lowest BCUT2D eigenvalue weighted by Crippen LogP contribution is -2.52. The smallest absolute Gasteiger partial charge is 0.361 e. The second kappa shape index (κ2) is 5.34. The van der Waals surface area contributed by atoms with Crippen LogP contribution in [0, 0.1) is 0 Å². The van der Waals surface area contributed by atoms with Gasteiger partial charge in [-0.25, -0.2) is 4.79 Å². The number of hydrogen-bond donors (Lipinski definition) is 1. The van der Waals surface area contributed by atoms with Crippen LogP contribution >= 0.6 is 15.9 Å². The molecule has 2 rings (SSSR count). The van der Waals surface area contributed by atoms with E-state index in [-0.39, 0.29) is 6.42 Å². The van der Waals surface area contributed by atoms with Gasteiger partial charge in [-0.1, -0.05) is 15.9 Å². The summed E-state index contributed by atoms with van der Waals surface area (Å²) in [5, 5.41) is 15.1. The molecule has 1 aromatic rings. The van der Waals surface area contributed by atoms with Gasteiger partial charge in [-0.2, -0.15) is 10.1 Å². The van der Waals surface area contributed by atoms with Crippen molar-refractivity contribution in [1.29, 1.82) is 0 Å². The number of aliphatic hydroxyl groups is 1. The van der Waals surface area contributed by atoms with Crippen molar-refractivity contribution in [2.75, 3.05) is 7.11 Å². The van der Waals surface area contributed by atoms with E-state index in [0.717, 1.165) is 16.6 Å². The highest BCUT2D eigenvalue weighted by Crippen LogP contribution is 2.28. The van der Waals surface area contributed by atoms with Crippen molar-refractivity contribution in [3.8, 4) is 0 Å². The normalized spacial score (nSPS) is 21.6. The first-order chi connectivity index (χ1) is 9.38. The van der Waals surface area contributed by atoms with E-state index in [1.165, 1.54) is 0 Å². The van der Waals surface area contributed by atoms with Crippen molar-refractivity contribution in [3.63, 3.8) is 0 Å². The molecule has 0 bridgehead atoms. The second-order valence-corrected chi connectivity index (χ2v) is 5.36. The fourth-order valence-electron chi connectivity index (χ4n) is 1.97. The van der Waals surface area contributed by atoms with E-state index in [4.69, 9.17) is 0 Å². The Bertz CT molecular complexity index is 585. The van der Waals surface area contributed by atoms with Crippen molar-refractivity contribution in [2.45, 2.75) is 19.1 Å². The van der Waals surface area contributed by atoms with Crippen molar-refractivity contribution in [2.24, 2.45) is 5.10 Å². The first kappa shape index (κ1) is 14.7. The SMILES string of the molecule is COC(=O)C1(O)CC(C)=NN1C(=O)c1ccc(Br)cc1. The number of benzene rings is 1. The third-order valence-corrected chi connectivity index (χ3v) is 3.45. The Kier molecular flexibility index (Phi) is 3.92. The molecule has 0 spiro atoms. The zero-order valence-corrected chi connectivity index (χ0v) is 12.5. The average Bonchev–Trinajstić information content (AvgIpc) is 2.74. The molecule has 106 valence electrons. The minimum atomic E-state index is -2.08. The first-order valence-electron chi connectivity index (χ1n) is 5.83. The number of ether oxygens (including phenoxy) is 1. The van der Waals surface area contributed by atoms with E-state index in [1.807, 2.05) is 0 Å². The minimum Gasteiger partial charge on any atom is -0.465 e. The van der Waals surface area contributed by atoms with E-state index in [9.17, 15) is 14.7 Å². The Morgan fingerprint density at radius 2 is 2.00 bits per heavy atom. The maximum absolute atomic E-state index is 12.4. The van der Waals surface area contributed by atoms with Crippen LogP contribution in [0.25, 0.3) is 0 Å². The lowest BCUT2D eigenvalue weighted by atomic mass is 10.1. The van der Waals surface area contributed by atoms with Crippen LogP contribution in [0.2, 0.25) is 0 Å². The number of methoxy groups -OCH3 is 1. The highest BCUT2D eigenvalue weighted by atomic mass is 79.9. The van der Waals surface area contributed by atoms with Gasteiger partial charge in [0.05, 0.1) is 7.11 Å². The fraction of sp³-hybridized carbons (Fsp3) is 0.308. The number of rotatable bonds is 2. The summed E-state index contributed by atoms with van der Waals surface area (Å²) in [5.74, 6) is -1.48. The van der Waals surface area contributed by atoms with Crippen molar-refractivity contribution in [3.05, 3.63) is 34.3 Å². The summed E-state index contributed by atoms with van der Waals surface area (Å²) in [6, 6.07) is 6.54. The van der Waals surface area contributed by atoms with Gasteiger partial charge >= 0.3 is 5.97 Å². The third kappa shape index (κ3) is 2.46. The highest BCUT2D eigenvalue weighted by Gasteiger charge is 2.51. The Hall–Kier alpha value is -1.73. The second-order valence-electron chi connectivity index (χ2n) is 4.44. The number of carbonyl (C=O) groups is 2. The zero-order chi connectivity index (χ0) is 14.9. The average molecular weight is 341 g/mol. The number of halogens is 1. The molecule has 1 unspecified atom stereocenters. The Balaban J connectivity index is 2.36. The summed E-state index contributed by atoms with van der Waals surface area (Å²) in [6.45, 7) is 1.63. The largest absolute Gasteiger partial charge is 0.465 e. The standard InChI is InChI=1S/C13H13BrN2O4/c1-8-7-13(19,12(18)20-2)16(15-8)11(17)9-3-5-10(14)6-4-9/h3-6,19H,7H2,1-2H3. The predicted octanol–water partition coefficient (Wildman–Crippen LogP) is 1.53. The van der Waals surface area contributed by atoms with E-state index < -0.39 is 17.6 Å². The molecule has 1 N–H and O–H groups in total. The van der Waals surface area contributed by atoms with Gasteiger partial charge in [0.25, 0.3) is 11.6 Å². The molecule has 0 radical (unpaired) electrons. The predicted molar refractivity (Wildman–Crippen MR) is 75.0 cm³/mol. The van der Waals surface area contributed by atoms with Crippen molar-refractivity contribution in [1.82, 2.24) is 5.01 Å². The maximum atomic E-state index is 12.4. The number of carbonyl (C=O) groups excluding carboxylic acids is 2. The van der Waals surface area contributed by atoms with Gasteiger partial charge in [-0.3, -0.25) is 4.79 Å². The van der Waals surface area contributed by atoms with E-state index in [0.29, 0.717) is 11.3 Å². The molecule has 20 heavy (non-hydrogen) atoms. The summed E-state index contributed by atoms with van der Waals surface area (Å²) in [4.78, 5) is 24.1. The quantitative estimate of drug-likeness (QED) is 0.828. The molecule has 0 aromatic heterocycles. The summed E-state index contributed by atoms with van der Waals surface area (Å²) in [5.41, 5.74) is -1.29. The van der Waals surface area contributed by atoms with Gasteiger partial charge < -0.3 is 9.84 Å². The lowest BCUT2D eigenvalue weighted by Gasteiger charge is -2.28. The van der Waals surface area contributed by atoms with Crippen LogP contribution in [0.5, 0.6) is 0 Å². The molecule has 1 atom stereocenters. The molecule has 0 fully saturated rings. The maximum Gasteiger partial charge on any atom is 0.361 e. The molecule has 1 amide bonds.